The number of carbonyl (C=O) groups is 3. The highest BCUT2D eigenvalue weighted by Gasteiger charge is 2.54. The van der Waals surface area contributed by atoms with Crippen molar-refractivity contribution in [1.82, 2.24) is 15.1 Å². The molecule has 3 aromatic carbocycles. The second-order valence-electron chi connectivity index (χ2n) is 11.6. The Morgan fingerprint density at radius 3 is 2.05 bits per heavy atom. The number of nitrogens with one attached hydrogen (secondary N) is 1. The second kappa shape index (κ2) is 11.8. The van der Waals surface area contributed by atoms with Crippen molar-refractivity contribution in [2.45, 2.75) is 56.5 Å². The molecule has 1 saturated carbocycles. The molecule has 2 saturated heterocycles. The summed E-state index contributed by atoms with van der Waals surface area (Å²) in [5.41, 5.74) is 3.04. The summed E-state index contributed by atoms with van der Waals surface area (Å²) in [7, 11) is 0. The second-order valence-corrected chi connectivity index (χ2v) is 11.6. The van der Waals surface area contributed by atoms with Gasteiger partial charge >= 0.3 is 0 Å². The van der Waals surface area contributed by atoms with Gasteiger partial charge in [0.05, 0.1) is 6.67 Å². The van der Waals surface area contributed by atoms with Crippen LogP contribution in [0.3, 0.4) is 0 Å². The number of para-hydroxylation sites is 1. The minimum Gasteiger partial charge on any atom is -0.352 e. The van der Waals surface area contributed by atoms with Gasteiger partial charge in [0.1, 0.15) is 12.1 Å². The lowest BCUT2D eigenvalue weighted by atomic mass is 9.85. The third kappa shape index (κ3) is 5.58. The highest BCUT2D eigenvalue weighted by atomic mass is 16.2. The molecule has 2 heterocycles. The van der Waals surface area contributed by atoms with E-state index in [1.54, 1.807) is 4.90 Å². The Balaban J connectivity index is 1.15. The van der Waals surface area contributed by atoms with Gasteiger partial charge in [0.25, 0.3) is 11.8 Å². The quantitative estimate of drug-likeness (QED) is 0.465. The number of hydrogen-bond acceptors (Lipinski definition) is 4. The summed E-state index contributed by atoms with van der Waals surface area (Å²) >= 11 is 0. The van der Waals surface area contributed by atoms with Crippen molar-refractivity contribution in [2.24, 2.45) is 0 Å². The molecule has 2 aliphatic heterocycles. The van der Waals surface area contributed by atoms with Crippen LogP contribution in [0.1, 0.15) is 55.3 Å². The Labute approximate surface area is 242 Å². The molecule has 212 valence electrons. The SMILES string of the molecule is O=C(CN1CN(c2ccccc2)C2(CCN(C(=O)c3ccc(-c4ccccc4)cc3)CC2)C1=O)NC1CCCCC1. The number of piperidine rings is 1. The van der Waals surface area contributed by atoms with Crippen LogP contribution in [0.25, 0.3) is 11.1 Å². The zero-order valence-electron chi connectivity index (χ0n) is 23.5. The van der Waals surface area contributed by atoms with Crippen LogP contribution in [0.4, 0.5) is 5.69 Å². The van der Waals surface area contributed by atoms with E-state index in [1.807, 2.05) is 77.7 Å². The lowest BCUT2D eigenvalue weighted by Crippen LogP contribution is -2.57. The highest BCUT2D eigenvalue weighted by molar-refractivity contribution is 5.98. The van der Waals surface area contributed by atoms with Gasteiger partial charge in [-0.1, -0.05) is 79.9 Å². The molecule has 0 bridgehead atoms. The molecule has 1 N–H and O–H groups in total. The van der Waals surface area contributed by atoms with Crippen LogP contribution >= 0.6 is 0 Å². The molecule has 3 aliphatic rings. The van der Waals surface area contributed by atoms with Crippen LogP contribution in [0.2, 0.25) is 0 Å². The lowest BCUT2D eigenvalue weighted by molar-refractivity contribution is -0.137. The predicted octanol–water partition coefficient (Wildman–Crippen LogP) is 5.08. The Morgan fingerprint density at radius 2 is 1.39 bits per heavy atom. The topological polar surface area (TPSA) is 73.0 Å². The van der Waals surface area contributed by atoms with Gasteiger partial charge in [0, 0.05) is 30.4 Å². The maximum Gasteiger partial charge on any atom is 0.253 e. The summed E-state index contributed by atoms with van der Waals surface area (Å²) in [6, 6.07) is 28.0. The van der Waals surface area contributed by atoms with Crippen molar-refractivity contribution in [1.29, 1.82) is 0 Å². The van der Waals surface area contributed by atoms with E-state index in [2.05, 4.69) is 22.3 Å². The summed E-state index contributed by atoms with van der Waals surface area (Å²) < 4.78 is 0. The van der Waals surface area contributed by atoms with E-state index < -0.39 is 5.54 Å². The fourth-order valence-corrected chi connectivity index (χ4v) is 6.71. The molecule has 3 amide bonds. The van der Waals surface area contributed by atoms with Crippen molar-refractivity contribution >= 4 is 23.4 Å². The van der Waals surface area contributed by atoms with Gasteiger partial charge in [0.15, 0.2) is 0 Å². The van der Waals surface area contributed by atoms with Crippen LogP contribution in [0, 0.1) is 0 Å². The fraction of sp³-hybridized carbons (Fsp3) is 0.382. The number of carbonyl (C=O) groups excluding carboxylic acids is 3. The Hall–Kier alpha value is -4.13. The van der Waals surface area contributed by atoms with Crippen molar-refractivity contribution in [3.05, 3.63) is 90.5 Å². The Kier molecular flexibility index (Phi) is 7.77. The zero-order chi connectivity index (χ0) is 28.2. The van der Waals surface area contributed by atoms with E-state index in [0.717, 1.165) is 42.5 Å². The fourth-order valence-electron chi connectivity index (χ4n) is 6.71. The van der Waals surface area contributed by atoms with Gasteiger partial charge in [-0.3, -0.25) is 14.4 Å². The molecule has 0 radical (unpaired) electrons. The van der Waals surface area contributed by atoms with Gasteiger partial charge in [-0.05, 0) is 61.1 Å². The predicted molar refractivity (Wildman–Crippen MR) is 160 cm³/mol. The van der Waals surface area contributed by atoms with Crippen LogP contribution in [-0.4, -0.2) is 65.4 Å². The number of nitrogens with zero attached hydrogens (tertiary/aromatic N) is 3. The third-order valence-corrected chi connectivity index (χ3v) is 9.00. The van der Waals surface area contributed by atoms with E-state index in [0.29, 0.717) is 38.2 Å². The number of amides is 3. The average molecular weight is 551 g/mol. The van der Waals surface area contributed by atoms with E-state index in [-0.39, 0.29) is 30.3 Å². The minimum atomic E-state index is -0.763. The minimum absolute atomic E-state index is 0.0140. The molecule has 7 heteroatoms. The Bertz CT molecular complexity index is 1360. The molecule has 0 atom stereocenters. The summed E-state index contributed by atoms with van der Waals surface area (Å²) in [5, 5.41) is 3.16. The number of rotatable bonds is 6. The maximum absolute atomic E-state index is 14.0. The molecule has 7 nitrogen and oxygen atoms in total. The maximum atomic E-state index is 14.0. The van der Waals surface area contributed by atoms with Crippen molar-refractivity contribution < 1.29 is 14.4 Å². The summed E-state index contributed by atoms with van der Waals surface area (Å²) in [6.45, 7) is 1.40. The first-order valence-corrected chi connectivity index (χ1v) is 14.9. The standard InChI is InChI=1S/C34H38N4O3/c39-31(35-29-12-6-2-7-13-29)24-37-25-38(30-14-8-3-9-15-30)34(33(37)41)20-22-36(23-21-34)32(40)28-18-16-27(17-19-28)26-10-4-1-5-11-26/h1,3-5,8-11,14-19,29H,2,6-7,12-13,20-25H2,(H,35,39). The molecule has 6 rings (SSSR count). The molecular formula is C34H38N4O3. The van der Waals surface area contributed by atoms with E-state index >= 15 is 0 Å². The van der Waals surface area contributed by atoms with Gasteiger partial charge in [-0.2, -0.15) is 0 Å². The highest BCUT2D eigenvalue weighted by Crippen LogP contribution is 2.39. The first kappa shape index (κ1) is 27.1. The van der Waals surface area contributed by atoms with Crippen molar-refractivity contribution in [3.8, 4) is 11.1 Å². The van der Waals surface area contributed by atoms with E-state index in [9.17, 15) is 14.4 Å². The monoisotopic (exact) mass is 550 g/mol. The molecule has 1 aliphatic carbocycles. The molecule has 0 aromatic heterocycles. The van der Waals surface area contributed by atoms with Gasteiger partial charge in [0.2, 0.25) is 5.91 Å². The Morgan fingerprint density at radius 1 is 0.780 bits per heavy atom. The smallest absolute Gasteiger partial charge is 0.253 e. The summed E-state index contributed by atoms with van der Waals surface area (Å²) in [5.74, 6) is -0.110. The number of likely N-dealkylation sites (tertiary alicyclic amines) is 1. The molecule has 41 heavy (non-hydrogen) atoms. The largest absolute Gasteiger partial charge is 0.352 e. The third-order valence-electron chi connectivity index (χ3n) is 9.00. The number of anilines is 1. The van der Waals surface area contributed by atoms with Gasteiger partial charge in [-0.25, -0.2) is 0 Å². The lowest BCUT2D eigenvalue weighted by Gasteiger charge is -2.43. The van der Waals surface area contributed by atoms with Crippen LogP contribution < -0.4 is 10.2 Å². The van der Waals surface area contributed by atoms with Gasteiger partial charge in [-0.15, -0.1) is 0 Å². The molecule has 1 spiro atoms. The summed E-state index contributed by atoms with van der Waals surface area (Å²) in [4.78, 5) is 46.1. The van der Waals surface area contributed by atoms with Crippen LogP contribution in [0.5, 0.6) is 0 Å². The van der Waals surface area contributed by atoms with Crippen molar-refractivity contribution in [3.63, 3.8) is 0 Å². The van der Waals surface area contributed by atoms with Crippen LogP contribution in [0.15, 0.2) is 84.9 Å². The van der Waals surface area contributed by atoms with E-state index in [4.69, 9.17) is 0 Å². The zero-order valence-corrected chi connectivity index (χ0v) is 23.5. The van der Waals surface area contributed by atoms with Crippen LogP contribution in [-0.2, 0) is 9.59 Å². The number of benzene rings is 3. The molecular weight excluding hydrogens is 512 g/mol. The van der Waals surface area contributed by atoms with Gasteiger partial charge < -0.3 is 20.0 Å². The molecule has 3 fully saturated rings. The molecule has 3 aromatic rings. The first-order chi connectivity index (χ1) is 20.0. The summed E-state index contributed by atoms with van der Waals surface area (Å²) in [6.07, 6.45) is 6.58. The van der Waals surface area contributed by atoms with E-state index in [1.165, 1.54) is 6.42 Å². The van der Waals surface area contributed by atoms with Crippen molar-refractivity contribution in [2.75, 3.05) is 31.2 Å². The first-order valence-electron chi connectivity index (χ1n) is 14.9. The average Bonchev–Trinajstić information content (AvgIpc) is 3.28. The normalized spacial score (nSPS) is 19.0. The number of hydrogen-bond donors (Lipinski definition) is 1. The molecule has 0 unspecified atom stereocenters.